The van der Waals surface area contributed by atoms with E-state index in [9.17, 15) is 4.79 Å². The van der Waals surface area contributed by atoms with Crippen molar-refractivity contribution in [3.8, 4) is 16.5 Å². The molecule has 2 aromatic heterocycles. The molecule has 0 aliphatic heterocycles. The highest BCUT2D eigenvalue weighted by Gasteiger charge is 2.12. The van der Waals surface area contributed by atoms with Crippen molar-refractivity contribution in [2.75, 3.05) is 6.61 Å². The molecule has 2 heterocycles. The maximum atomic E-state index is 10.6. The summed E-state index contributed by atoms with van der Waals surface area (Å²) in [6.45, 7) is 2.43. The van der Waals surface area contributed by atoms with Gasteiger partial charge in [0.1, 0.15) is 17.8 Å². The molecule has 0 fully saturated rings. The maximum Gasteiger partial charge on any atom is 0.236 e. The van der Waals surface area contributed by atoms with Gasteiger partial charge in [0.25, 0.3) is 0 Å². The molecule has 0 aliphatic carbocycles. The van der Waals surface area contributed by atoms with E-state index in [1.165, 1.54) is 0 Å². The number of carbonyl (C=O) groups is 1. The van der Waals surface area contributed by atoms with Crippen molar-refractivity contribution in [1.29, 1.82) is 0 Å². The number of aldehydes is 1. The number of thiophene rings is 1. The van der Waals surface area contributed by atoms with Crippen molar-refractivity contribution in [3.63, 3.8) is 0 Å². The van der Waals surface area contributed by atoms with E-state index in [4.69, 9.17) is 9.15 Å². The van der Waals surface area contributed by atoms with Crippen molar-refractivity contribution in [2.24, 2.45) is 0 Å². The molecule has 4 nitrogen and oxygen atoms in total. The number of aryl methyl sites for hydroxylation is 1. The van der Waals surface area contributed by atoms with Crippen LogP contribution in [0, 0.1) is 6.92 Å². The molecule has 3 rings (SSSR count). The number of hydrogen-bond acceptors (Lipinski definition) is 5. The summed E-state index contributed by atoms with van der Waals surface area (Å²) in [5, 5.41) is 2.00. The van der Waals surface area contributed by atoms with E-state index in [1.54, 1.807) is 35.6 Å². The normalized spacial score (nSPS) is 10.6. The lowest BCUT2D eigenvalue weighted by molar-refractivity contribution is 0.112. The second-order valence-electron chi connectivity index (χ2n) is 4.78. The van der Waals surface area contributed by atoms with E-state index < -0.39 is 0 Å². The Kier molecular flexibility index (Phi) is 4.34. The molecule has 0 spiro atoms. The van der Waals surface area contributed by atoms with Gasteiger partial charge in [0.05, 0.1) is 17.2 Å². The lowest BCUT2D eigenvalue weighted by atomic mass is 10.2. The Morgan fingerprint density at radius 2 is 2.09 bits per heavy atom. The van der Waals surface area contributed by atoms with Gasteiger partial charge >= 0.3 is 0 Å². The summed E-state index contributed by atoms with van der Waals surface area (Å²) in [4.78, 5) is 16.2. The van der Waals surface area contributed by atoms with Crippen LogP contribution in [0.1, 0.15) is 21.8 Å². The van der Waals surface area contributed by atoms with Crippen molar-refractivity contribution in [1.82, 2.24) is 4.98 Å². The Morgan fingerprint density at radius 1 is 1.27 bits per heavy atom. The second kappa shape index (κ2) is 6.58. The first-order valence-electron chi connectivity index (χ1n) is 6.94. The smallest absolute Gasteiger partial charge is 0.236 e. The fourth-order valence-electron chi connectivity index (χ4n) is 2.07. The summed E-state index contributed by atoms with van der Waals surface area (Å²) in [6.07, 6.45) is 1.49. The maximum absolute atomic E-state index is 10.6. The molecule has 22 heavy (non-hydrogen) atoms. The summed E-state index contributed by atoms with van der Waals surface area (Å²) in [5.41, 5.74) is 1.55. The molecule has 0 bridgehead atoms. The van der Waals surface area contributed by atoms with Crippen molar-refractivity contribution < 1.29 is 13.9 Å². The average molecular weight is 313 g/mol. The standard InChI is InChI=1S/C17H15NO3S/c1-12-15(18-17(21-12)16-3-2-10-22-16)8-9-20-14-6-4-13(11-19)5-7-14/h2-7,10-11H,8-9H2,1H3. The zero-order valence-corrected chi connectivity index (χ0v) is 12.9. The van der Waals surface area contributed by atoms with Crippen LogP contribution in [0.4, 0.5) is 0 Å². The van der Waals surface area contributed by atoms with Gasteiger partial charge in [-0.1, -0.05) is 6.07 Å². The Balaban J connectivity index is 1.60. The molecule has 3 aromatic rings. The highest BCUT2D eigenvalue weighted by atomic mass is 32.1. The van der Waals surface area contributed by atoms with E-state index in [-0.39, 0.29) is 0 Å². The van der Waals surface area contributed by atoms with Crippen molar-refractivity contribution >= 4 is 17.6 Å². The number of rotatable bonds is 6. The van der Waals surface area contributed by atoms with Crippen LogP contribution in [0.15, 0.2) is 46.2 Å². The number of aromatic nitrogens is 1. The van der Waals surface area contributed by atoms with Gasteiger partial charge in [0, 0.05) is 12.0 Å². The predicted molar refractivity (Wildman–Crippen MR) is 85.6 cm³/mol. The van der Waals surface area contributed by atoms with Crippen LogP contribution < -0.4 is 4.74 Å². The summed E-state index contributed by atoms with van der Waals surface area (Å²) in [6, 6.07) is 11.0. The first-order valence-corrected chi connectivity index (χ1v) is 7.82. The molecule has 0 radical (unpaired) electrons. The van der Waals surface area contributed by atoms with E-state index >= 15 is 0 Å². The number of hydrogen-bond donors (Lipinski definition) is 0. The topological polar surface area (TPSA) is 52.3 Å². The van der Waals surface area contributed by atoms with Crippen LogP contribution in [0.2, 0.25) is 0 Å². The van der Waals surface area contributed by atoms with E-state index in [0.29, 0.717) is 24.5 Å². The lowest BCUT2D eigenvalue weighted by Gasteiger charge is -2.04. The van der Waals surface area contributed by atoms with Crippen LogP contribution >= 0.6 is 11.3 Å². The van der Waals surface area contributed by atoms with Gasteiger partial charge in [-0.25, -0.2) is 4.98 Å². The lowest BCUT2D eigenvalue weighted by Crippen LogP contribution is -2.02. The molecule has 0 unspecified atom stereocenters. The quantitative estimate of drug-likeness (QED) is 0.642. The summed E-state index contributed by atoms with van der Waals surface area (Å²) >= 11 is 1.61. The Bertz CT molecular complexity index is 745. The largest absolute Gasteiger partial charge is 0.493 e. The average Bonchev–Trinajstić information content (AvgIpc) is 3.18. The van der Waals surface area contributed by atoms with Crippen LogP contribution in [0.5, 0.6) is 5.75 Å². The fourth-order valence-corrected chi connectivity index (χ4v) is 2.72. The molecule has 1 aromatic carbocycles. The Morgan fingerprint density at radius 3 is 2.77 bits per heavy atom. The third kappa shape index (κ3) is 3.26. The van der Waals surface area contributed by atoms with Gasteiger partial charge in [-0.15, -0.1) is 11.3 Å². The van der Waals surface area contributed by atoms with Crippen LogP contribution in [0.3, 0.4) is 0 Å². The molecule has 0 N–H and O–H groups in total. The minimum atomic E-state index is 0.512. The number of oxazole rings is 1. The molecule has 0 amide bonds. The molecule has 0 aliphatic rings. The van der Waals surface area contributed by atoms with Gasteiger partial charge in [-0.3, -0.25) is 4.79 Å². The van der Waals surface area contributed by atoms with E-state index in [2.05, 4.69) is 4.98 Å². The van der Waals surface area contributed by atoms with Crippen LogP contribution in [-0.2, 0) is 6.42 Å². The monoisotopic (exact) mass is 313 g/mol. The number of nitrogens with zero attached hydrogens (tertiary/aromatic N) is 1. The Hall–Kier alpha value is -2.40. The van der Waals surface area contributed by atoms with Gasteiger partial charge < -0.3 is 9.15 Å². The molecule has 0 saturated heterocycles. The minimum absolute atomic E-state index is 0.512. The number of ether oxygens (including phenoxy) is 1. The van der Waals surface area contributed by atoms with Gasteiger partial charge in [0.15, 0.2) is 0 Å². The van der Waals surface area contributed by atoms with Crippen molar-refractivity contribution in [2.45, 2.75) is 13.3 Å². The fraction of sp³-hybridized carbons (Fsp3) is 0.176. The molecule has 0 atom stereocenters. The van der Waals surface area contributed by atoms with Gasteiger partial charge in [-0.2, -0.15) is 0 Å². The third-order valence-corrected chi connectivity index (χ3v) is 4.11. The summed E-state index contributed by atoms with van der Waals surface area (Å²) < 4.78 is 11.4. The molecule has 112 valence electrons. The number of benzene rings is 1. The first-order chi connectivity index (χ1) is 10.8. The first kappa shape index (κ1) is 14.5. The third-order valence-electron chi connectivity index (χ3n) is 3.25. The second-order valence-corrected chi connectivity index (χ2v) is 5.73. The van der Waals surface area contributed by atoms with E-state index in [0.717, 1.165) is 28.4 Å². The van der Waals surface area contributed by atoms with Gasteiger partial charge in [0.2, 0.25) is 5.89 Å². The molecule has 5 heteroatoms. The molecular weight excluding hydrogens is 298 g/mol. The highest BCUT2D eigenvalue weighted by Crippen LogP contribution is 2.26. The minimum Gasteiger partial charge on any atom is -0.493 e. The number of carbonyl (C=O) groups excluding carboxylic acids is 1. The highest BCUT2D eigenvalue weighted by molar-refractivity contribution is 7.13. The summed E-state index contributed by atoms with van der Waals surface area (Å²) in [7, 11) is 0. The molecule has 0 saturated carbocycles. The van der Waals surface area contributed by atoms with E-state index in [1.807, 2.05) is 24.4 Å². The van der Waals surface area contributed by atoms with Crippen LogP contribution in [0.25, 0.3) is 10.8 Å². The SMILES string of the molecule is Cc1oc(-c2cccs2)nc1CCOc1ccc(C=O)cc1. The predicted octanol–water partition coefficient (Wildman–Crippen LogP) is 4.15. The summed E-state index contributed by atoms with van der Waals surface area (Å²) in [5.74, 6) is 2.23. The zero-order chi connectivity index (χ0) is 15.4. The molecular formula is C17H15NO3S. The Labute approximate surface area is 132 Å². The zero-order valence-electron chi connectivity index (χ0n) is 12.1. The van der Waals surface area contributed by atoms with Crippen LogP contribution in [-0.4, -0.2) is 17.9 Å². The van der Waals surface area contributed by atoms with Gasteiger partial charge in [-0.05, 0) is 42.6 Å². The van der Waals surface area contributed by atoms with Crippen molar-refractivity contribution in [3.05, 3.63) is 58.8 Å².